The van der Waals surface area contributed by atoms with E-state index >= 15 is 0 Å². The zero-order valence-corrected chi connectivity index (χ0v) is 16.9. The molecule has 28 heavy (non-hydrogen) atoms. The molecule has 3 heterocycles. The van der Waals surface area contributed by atoms with Crippen LogP contribution in [0.15, 0.2) is 24.5 Å². The Hall–Kier alpha value is -2.96. The summed E-state index contributed by atoms with van der Waals surface area (Å²) in [6.07, 6.45) is 4.68. The van der Waals surface area contributed by atoms with Gasteiger partial charge in [-0.3, -0.25) is 9.67 Å². The average molecular weight is 379 g/mol. The Kier molecular flexibility index (Phi) is 4.75. The lowest BCUT2D eigenvalue weighted by Gasteiger charge is -2.11. The molecule has 1 saturated carbocycles. The number of ether oxygens (including phenoxy) is 2. The van der Waals surface area contributed by atoms with Crippen molar-refractivity contribution in [2.45, 2.75) is 33.1 Å². The van der Waals surface area contributed by atoms with Crippen molar-refractivity contribution < 1.29 is 9.47 Å². The lowest BCUT2D eigenvalue weighted by molar-refractivity contribution is 0.285. The SMILES string of the molecule is COc1ccc([C@H]2C[C@@H]2COc2nc(C)ncc2-c2c(C)nn(C)c2C)nc1. The van der Waals surface area contributed by atoms with Crippen LogP contribution < -0.4 is 9.47 Å². The second kappa shape index (κ2) is 7.22. The van der Waals surface area contributed by atoms with Crippen LogP contribution in [0, 0.1) is 26.7 Å². The van der Waals surface area contributed by atoms with E-state index in [1.807, 2.05) is 50.8 Å². The molecule has 3 aromatic rings. The smallest absolute Gasteiger partial charge is 0.224 e. The van der Waals surface area contributed by atoms with Crippen molar-refractivity contribution in [1.82, 2.24) is 24.7 Å². The normalized spacial score (nSPS) is 18.2. The van der Waals surface area contributed by atoms with Crippen LogP contribution in [0.1, 0.15) is 35.2 Å². The van der Waals surface area contributed by atoms with Gasteiger partial charge in [-0.1, -0.05) is 0 Å². The molecule has 1 aliphatic carbocycles. The number of nitrogens with zero attached hydrogens (tertiary/aromatic N) is 5. The van der Waals surface area contributed by atoms with Crippen LogP contribution in [0.4, 0.5) is 0 Å². The predicted molar refractivity (Wildman–Crippen MR) is 106 cm³/mol. The van der Waals surface area contributed by atoms with Gasteiger partial charge < -0.3 is 9.47 Å². The summed E-state index contributed by atoms with van der Waals surface area (Å²) in [5.41, 5.74) is 5.05. The molecule has 0 saturated heterocycles. The van der Waals surface area contributed by atoms with Crippen molar-refractivity contribution >= 4 is 0 Å². The van der Waals surface area contributed by atoms with E-state index in [-0.39, 0.29) is 0 Å². The summed E-state index contributed by atoms with van der Waals surface area (Å²) >= 11 is 0. The quantitative estimate of drug-likeness (QED) is 0.653. The van der Waals surface area contributed by atoms with Gasteiger partial charge in [0.05, 0.1) is 31.2 Å². The van der Waals surface area contributed by atoms with Gasteiger partial charge in [-0.25, -0.2) is 4.98 Å². The molecule has 7 heteroatoms. The summed E-state index contributed by atoms with van der Waals surface area (Å²) < 4.78 is 13.2. The first-order chi connectivity index (χ1) is 13.5. The van der Waals surface area contributed by atoms with Gasteiger partial charge in [0.15, 0.2) is 0 Å². The van der Waals surface area contributed by atoms with E-state index < -0.39 is 0 Å². The van der Waals surface area contributed by atoms with Crippen molar-refractivity contribution in [3.8, 4) is 22.8 Å². The molecule has 3 aromatic heterocycles. The van der Waals surface area contributed by atoms with Crippen molar-refractivity contribution in [3.05, 3.63) is 47.4 Å². The van der Waals surface area contributed by atoms with Crippen molar-refractivity contribution in [2.24, 2.45) is 13.0 Å². The third-order valence-corrected chi connectivity index (χ3v) is 5.38. The standard InChI is InChI=1S/C21H25N5O2/c1-12-20(13(2)26(4)25-12)18-10-22-14(3)24-21(18)28-11-15-8-17(15)19-7-6-16(27-5)9-23-19/h6-7,9-10,15,17H,8,11H2,1-5H3/t15-,17+/m1/s1. The van der Waals surface area contributed by atoms with Gasteiger partial charge in [-0.15, -0.1) is 0 Å². The fourth-order valence-corrected chi connectivity index (χ4v) is 3.61. The Labute approximate surface area is 164 Å². The Morgan fingerprint density at radius 1 is 1.14 bits per heavy atom. The maximum absolute atomic E-state index is 6.17. The topological polar surface area (TPSA) is 75.0 Å². The fourth-order valence-electron chi connectivity index (χ4n) is 3.61. The molecule has 0 aliphatic heterocycles. The third kappa shape index (κ3) is 3.44. The van der Waals surface area contributed by atoms with Crippen LogP contribution >= 0.6 is 0 Å². The number of rotatable bonds is 6. The van der Waals surface area contributed by atoms with Gasteiger partial charge >= 0.3 is 0 Å². The molecule has 0 amide bonds. The highest BCUT2D eigenvalue weighted by Crippen LogP contribution is 2.47. The van der Waals surface area contributed by atoms with Crippen molar-refractivity contribution in [2.75, 3.05) is 13.7 Å². The largest absolute Gasteiger partial charge is 0.495 e. The molecule has 7 nitrogen and oxygen atoms in total. The van der Waals surface area contributed by atoms with Crippen LogP contribution in [-0.4, -0.2) is 38.4 Å². The Morgan fingerprint density at radius 2 is 1.96 bits per heavy atom. The van der Waals surface area contributed by atoms with Gasteiger partial charge in [-0.2, -0.15) is 10.1 Å². The summed E-state index contributed by atoms with van der Waals surface area (Å²) in [5.74, 6) is 2.97. The van der Waals surface area contributed by atoms with E-state index in [4.69, 9.17) is 9.47 Å². The summed E-state index contributed by atoms with van der Waals surface area (Å²) in [7, 11) is 3.59. The summed E-state index contributed by atoms with van der Waals surface area (Å²) in [6.45, 7) is 6.53. The van der Waals surface area contributed by atoms with Crippen LogP contribution in [0.3, 0.4) is 0 Å². The molecule has 146 valence electrons. The molecule has 0 unspecified atom stereocenters. The van der Waals surface area contributed by atoms with E-state index in [0.29, 0.717) is 30.1 Å². The van der Waals surface area contributed by atoms with E-state index in [1.165, 1.54) is 0 Å². The molecule has 1 aliphatic rings. The second-order valence-corrected chi connectivity index (χ2v) is 7.34. The number of hydrogen-bond acceptors (Lipinski definition) is 6. The first-order valence-electron chi connectivity index (χ1n) is 9.45. The average Bonchev–Trinajstić information content (AvgIpc) is 3.42. The first-order valence-corrected chi connectivity index (χ1v) is 9.45. The number of pyridine rings is 1. The molecule has 4 rings (SSSR count). The highest BCUT2D eigenvalue weighted by molar-refractivity contribution is 5.72. The van der Waals surface area contributed by atoms with Gasteiger partial charge in [0.2, 0.25) is 5.88 Å². The van der Waals surface area contributed by atoms with Crippen LogP contribution in [-0.2, 0) is 7.05 Å². The van der Waals surface area contributed by atoms with Crippen molar-refractivity contribution in [3.63, 3.8) is 0 Å². The van der Waals surface area contributed by atoms with Crippen LogP contribution in [0.2, 0.25) is 0 Å². The Balaban J connectivity index is 1.50. The summed E-state index contributed by atoms with van der Waals surface area (Å²) in [4.78, 5) is 13.4. The molecular weight excluding hydrogens is 354 g/mol. The van der Waals surface area contributed by atoms with Gasteiger partial charge in [0, 0.05) is 42.0 Å². The molecule has 0 bridgehead atoms. The van der Waals surface area contributed by atoms with Crippen LogP contribution in [0.5, 0.6) is 11.6 Å². The minimum Gasteiger partial charge on any atom is -0.495 e. The zero-order chi connectivity index (χ0) is 19.8. The molecule has 0 radical (unpaired) electrons. The van der Waals surface area contributed by atoms with E-state index in [0.717, 1.165) is 40.4 Å². The highest BCUT2D eigenvalue weighted by atomic mass is 16.5. The maximum Gasteiger partial charge on any atom is 0.224 e. The maximum atomic E-state index is 6.17. The second-order valence-electron chi connectivity index (χ2n) is 7.34. The molecule has 2 atom stereocenters. The zero-order valence-electron chi connectivity index (χ0n) is 16.9. The monoisotopic (exact) mass is 379 g/mol. The minimum atomic E-state index is 0.430. The van der Waals surface area contributed by atoms with Gasteiger partial charge in [-0.05, 0) is 39.3 Å². The molecule has 0 N–H and O–H groups in total. The summed E-state index contributed by atoms with van der Waals surface area (Å²) in [6, 6.07) is 3.99. The molecule has 0 spiro atoms. The molecule has 1 fully saturated rings. The first kappa shape index (κ1) is 18.4. The number of methoxy groups -OCH3 is 1. The number of aryl methyl sites for hydroxylation is 3. The molecule has 0 aromatic carbocycles. The third-order valence-electron chi connectivity index (χ3n) is 5.38. The summed E-state index contributed by atoms with van der Waals surface area (Å²) in [5, 5.41) is 4.51. The van der Waals surface area contributed by atoms with E-state index in [9.17, 15) is 0 Å². The Morgan fingerprint density at radius 3 is 2.61 bits per heavy atom. The van der Waals surface area contributed by atoms with Gasteiger partial charge in [0.1, 0.15) is 11.6 Å². The lowest BCUT2D eigenvalue weighted by atomic mass is 10.1. The fraction of sp³-hybridized carbons (Fsp3) is 0.429. The van der Waals surface area contributed by atoms with E-state index in [2.05, 4.69) is 20.1 Å². The predicted octanol–water partition coefficient (Wildman–Crippen LogP) is 3.39. The highest BCUT2D eigenvalue weighted by Gasteiger charge is 2.40. The number of hydrogen-bond donors (Lipinski definition) is 0. The van der Waals surface area contributed by atoms with Crippen molar-refractivity contribution in [1.29, 1.82) is 0 Å². The van der Waals surface area contributed by atoms with Gasteiger partial charge in [0.25, 0.3) is 0 Å². The molecular formula is C21H25N5O2. The van der Waals surface area contributed by atoms with Crippen LogP contribution in [0.25, 0.3) is 11.1 Å². The van der Waals surface area contributed by atoms with E-state index in [1.54, 1.807) is 13.3 Å². The lowest BCUT2D eigenvalue weighted by Crippen LogP contribution is -2.06. The Bertz CT molecular complexity index is 997. The number of aromatic nitrogens is 5. The minimum absolute atomic E-state index is 0.430.